The number of para-hydroxylation sites is 2. The number of hydrogen-bond donors (Lipinski definition) is 2. The van der Waals surface area contributed by atoms with Crippen LogP contribution in [-0.4, -0.2) is 43.4 Å². The molecule has 0 amide bonds. The number of fused-ring (bicyclic) bond motifs is 2. The molecule has 0 radical (unpaired) electrons. The lowest BCUT2D eigenvalue weighted by Crippen LogP contribution is -2.31. The molecule has 1 saturated carbocycles. The monoisotopic (exact) mass is 449 g/mol. The Morgan fingerprint density at radius 1 is 0.970 bits per heavy atom. The van der Waals surface area contributed by atoms with Crippen LogP contribution in [0.25, 0.3) is 10.9 Å². The number of ether oxygens (including phenoxy) is 2. The Balaban J connectivity index is 0.00000259. The molecule has 7 heteroatoms. The van der Waals surface area contributed by atoms with Gasteiger partial charge < -0.3 is 25.0 Å². The molecule has 0 atom stereocenters. The van der Waals surface area contributed by atoms with E-state index in [1.54, 1.807) is 0 Å². The molecule has 33 heavy (non-hydrogen) atoms. The summed E-state index contributed by atoms with van der Waals surface area (Å²) in [4.78, 5) is 11.6. The maximum absolute atomic E-state index is 5.61. The van der Waals surface area contributed by atoms with Crippen LogP contribution in [0.2, 0.25) is 0 Å². The van der Waals surface area contributed by atoms with Crippen LogP contribution in [0, 0.1) is 5.92 Å². The summed E-state index contributed by atoms with van der Waals surface area (Å²) in [6.45, 7) is 2.15. The van der Waals surface area contributed by atoms with Gasteiger partial charge in [0.05, 0.1) is 5.52 Å². The molecule has 1 aliphatic carbocycles. The molecule has 1 aromatic heterocycles. The normalized spacial score (nSPS) is 19.2. The highest BCUT2D eigenvalue weighted by molar-refractivity contribution is 5.90. The number of anilines is 2. The van der Waals surface area contributed by atoms with Gasteiger partial charge in [0.25, 0.3) is 0 Å². The molecule has 2 aliphatic rings. The minimum absolute atomic E-state index is 0. The lowest BCUT2D eigenvalue weighted by atomic mass is 9.86. The molecule has 176 valence electrons. The van der Waals surface area contributed by atoms with Crippen molar-refractivity contribution in [3.05, 3.63) is 48.0 Å². The summed E-state index contributed by atoms with van der Waals surface area (Å²) in [5, 5.41) is 8.30. The third-order valence-corrected chi connectivity index (χ3v) is 6.41. The lowest BCUT2D eigenvalue weighted by molar-refractivity contribution is 0.173. The zero-order valence-electron chi connectivity index (χ0n) is 18.8. The van der Waals surface area contributed by atoms with Gasteiger partial charge in [-0.3, -0.25) is 0 Å². The van der Waals surface area contributed by atoms with Gasteiger partial charge >= 0.3 is 0 Å². The number of nitrogens with zero attached hydrogens (tertiary/aromatic N) is 3. The van der Waals surface area contributed by atoms with Crippen LogP contribution >= 0.6 is 0 Å². The van der Waals surface area contributed by atoms with Crippen LogP contribution in [0.3, 0.4) is 0 Å². The van der Waals surface area contributed by atoms with E-state index in [4.69, 9.17) is 19.4 Å². The van der Waals surface area contributed by atoms with Gasteiger partial charge in [-0.25, -0.2) is 4.98 Å². The van der Waals surface area contributed by atoms with E-state index in [-0.39, 0.29) is 7.43 Å². The van der Waals surface area contributed by atoms with Crippen LogP contribution in [0.5, 0.6) is 11.5 Å². The van der Waals surface area contributed by atoms with Crippen molar-refractivity contribution < 1.29 is 9.47 Å². The van der Waals surface area contributed by atoms with E-state index in [9.17, 15) is 0 Å². The zero-order chi connectivity index (χ0) is 21.9. The highest BCUT2D eigenvalue weighted by Gasteiger charge is 2.23. The molecule has 1 fully saturated rings. The van der Waals surface area contributed by atoms with Crippen molar-refractivity contribution in [1.82, 2.24) is 15.3 Å². The van der Waals surface area contributed by atoms with Crippen molar-refractivity contribution in [2.45, 2.75) is 45.7 Å². The van der Waals surface area contributed by atoms with Gasteiger partial charge in [-0.1, -0.05) is 31.7 Å². The van der Waals surface area contributed by atoms with Gasteiger partial charge in [-0.2, -0.15) is 4.98 Å². The van der Waals surface area contributed by atoms with Gasteiger partial charge in [0.2, 0.25) is 12.7 Å². The molecule has 2 N–H and O–H groups in total. The smallest absolute Gasteiger partial charge is 0.231 e. The van der Waals surface area contributed by atoms with Crippen molar-refractivity contribution in [1.29, 1.82) is 0 Å². The first kappa shape index (κ1) is 23.1. The minimum atomic E-state index is 0. The van der Waals surface area contributed by atoms with Crippen molar-refractivity contribution in [3.8, 4) is 11.5 Å². The Hall–Kier alpha value is -3.06. The Labute approximate surface area is 196 Å². The fraction of sp³-hybridized carbons (Fsp3) is 0.462. The van der Waals surface area contributed by atoms with E-state index >= 15 is 0 Å². The Morgan fingerprint density at radius 3 is 2.61 bits per heavy atom. The molecular formula is C26H35N5O2. The van der Waals surface area contributed by atoms with E-state index in [1.165, 1.54) is 18.4 Å². The molecule has 7 nitrogen and oxygen atoms in total. The summed E-state index contributed by atoms with van der Waals surface area (Å²) in [5.74, 6) is 4.12. The standard InChI is InChI=1S/C25H31N5O2.CH4/c1-30(2)24-20-7-3-4-8-21(20)28-25(29-24)27-19-12-10-17(11-13-19)14-26-15-18-6-5-9-22-23(18)32-16-31-22;/h3-9,17,19,26H,10-16H2,1-2H3,(H,27,28,29);1H4. The third kappa shape index (κ3) is 5.14. The van der Waals surface area contributed by atoms with E-state index in [0.717, 1.165) is 60.1 Å². The predicted octanol–water partition coefficient (Wildman–Crippen LogP) is 4.82. The minimum Gasteiger partial charge on any atom is -0.454 e. The number of aromatic nitrogens is 2. The van der Waals surface area contributed by atoms with E-state index in [2.05, 4.69) is 33.7 Å². The second-order valence-electron chi connectivity index (χ2n) is 8.93. The fourth-order valence-corrected chi connectivity index (χ4v) is 4.70. The quantitative estimate of drug-likeness (QED) is 0.536. The van der Waals surface area contributed by atoms with Gasteiger partial charge in [0.15, 0.2) is 11.5 Å². The highest BCUT2D eigenvalue weighted by Crippen LogP contribution is 2.35. The fourth-order valence-electron chi connectivity index (χ4n) is 4.70. The van der Waals surface area contributed by atoms with E-state index in [0.29, 0.717) is 18.8 Å². The molecule has 0 spiro atoms. The van der Waals surface area contributed by atoms with E-state index in [1.807, 2.05) is 38.4 Å². The second kappa shape index (κ2) is 10.3. The molecule has 1 aliphatic heterocycles. The molecular weight excluding hydrogens is 414 g/mol. The average molecular weight is 450 g/mol. The Kier molecular flexibility index (Phi) is 7.18. The highest BCUT2D eigenvalue weighted by atomic mass is 16.7. The number of rotatable bonds is 7. The number of hydrogen-bond acceptors (Lipinski definition) is 7. The van der Waals surface area contributed by atoms with Gasteiger partial charge in [0, 0.05) is 37.6 Å². The largest absolute Gasteiger partial charge is 0.454 e. The zero-order valence-corrected chi connectivity index (χ0v) is 18.8. The summed E-state index contributed by atoms with van der Waals surface area (Å²) in [7, 11) is 4.05. The topological polar surface area (TPSA) is 71.5 Å². The summed E-state index contributed by atoms with van der Waals surface area (Å²) in [6.07, 6.45) is 4.67. The third-order valence-electron chi connectivity index (χ3n) is 6.41. The molecule has 2 aromatic carbocycles. The first-order valence-electron chi connectivity index (χ1n) is 11.5. The van der Waals surface area contributed by atoms with Crippen LogP contribution in [0.1, 0.15) is 38.7 Å². The van der Waals surface area contributed by atoms with Gasteiger partial charge in [-0.05, 0) is 56.3 Å². The first-order valence-corrected chi connectivity index (χ1v) is 11.5. The number of nitrogens with one attached hydrogen (secondary N) is 2. The van der Waals surface area contributed by atoms with Crippen molar-refractivity contribution in [2.24, 2.45) is 5.92 Å². The van der Waals surface area contributed by atoms with Crippen LogP contribution in [0.15, 0.2) is 42.5 Å². The summed E-state index contributed by atoms with van der Waals surface area (Å²) < 4.78 is 11.1. The van der Waals surface area contributed by atoms with Crippen molar-refractivity contribution in [2.75, 3.05) is 37.6 Å². The summed E-state index contributed by atoms with van der Waals surface area (Å²) in [5.41, 5.74) is 2.15. The maximum Gasteiger partial charge on any atom is 0.231 e. The summed E-state index contributed by atoms with van der Waals surface area (Å²) in [6, 6.07) is 14.7. The first-order chi connectivity index (χ1) is 15.7. The van der Waals surface area contributed by atoms with Gasteiger partial charge in [-0.15, -0.1) is 0 Å². The molecule has 0 saturated heterocycles. The van der Waals surface area contributed by atoms with Crippen molar-refractivity contribution in [3.63, 3.8) is 0 Å². The molecule has 0 bridgehead atoms. The molecule has 5 rings (SSSR count). The maximum atomic E-state index is 5.61. The Bertz CT molecular complexity index is 1080. The second-order valence-corrected chi connectivity index (χ2v) is 8.93. The average Bonchev–Trinajstić information content (AvgIpc) is 3.29. The van der Waals surface area contributed by atoms with E-state index < -0.39 is 0 Å². The SMILES string of the molecule is C.CN(C)c1nc(NC2CCC(CNCc3cccc4c3OCO4)CC2)nc2ccccc12. The van der Waals surface area contributed by atoms with Crippen LogP contribution in [0.4, 0.5) is 11.8 Å². The predicted molar refractivity (Wildman–Crippen MR) is 134 cm³/mol. The molecule has 3 aromatic rings. The lowest BCUT2D eigenvalue weighted by Gasteiger charge is -2.29. The Morgan fingerprint density at radius 2 is 1.79 bits per heavy atom. The summed E-state index contributed by atoms with van der Waals surface area (Å²) >= 11 is 0. The van der Waals surface area contributed by atoms with Crippen molar-refractivity contribution >= 4 is 22.7 Å². The van der Waals surface area contributed by atoms with Crippen LogP contribution in [-0.2, 0) is 6.54 Å². The number of benzene rings is 2. The molecule has 2 heterocycles. The molecule has 0 unspecified atom stereocenters. The van der Waals surface area contributed by atoms with Crippen LogP contribution < -0.4 is 25.0 Å². The van der Waals surface area contributed by atoms with Gasteiger partial charge in [0.1, 0.15) is 5.82 Å².